The zero-order valence-electron chi connectivity index (χ0n) is 17.8. The predicted molar refractivity (Wildman–Crippen MR) is 131 cm³/mol. The highest BCUT2D eigenvalue weighted by Crippen LogP contribution is 2.48. The molecule has 2 aliphatic heterocycles. The summed E-state index contributed by atoms with van der Waals surface area (Å²) in [5, 5.41) is 13.4. The van der Waals surface area contributed by atoms with Crippen molar-refractivity contribution in [3.63, 3.8) is 0 Å². The van der Waals surface area contributed by atoms with Gasteiger partial charge in [0, 0.05) is 29.3 Å². The molecule has 168 valence electrons. The molecule has 9 heteroatoms. The van der Waals surface area contributed by atoms with Gasteiger partial charge >= 0.3 is 0 Å². The van der Waals surface area contributed by atoms with Crippen molar-refractivity contribution in [2.24, 2.45) is 10.7 Å². The van der Waals surface area contributed by atoms with Crippen LogP contribution in [0.4, 0.5) is 0 Å². The van der Waals surface area contributed by atoms with Gasteiger partial charge in [0.25, 0.3) is 0 Å². The number of thioether (sulfide) groups is 2. The number of nitrogens with one attached hydrogen (secondary N) is 1. The minimum atomic E-state index is -0.269. The van der Waals surface area contributed by atoms with Crippen LogP contribution in [0.25, 0.3) is 4.91 Å². The summed E-state index contributed by atoms with van der Waals surface area (Å²) in [4.78, 5) is 6.55. The van der Waals surface area contributed by atoms with Crippen molar-refractivity contribution in [3.8, 4) is 23.0 Å². The van der Waals surface area contributed by atoms with Crippen LogP contribution in [0, 0.1) is 0 Å². The standard InChI is InChI=1S/C23H25N3O4S2/c1-4-25-23(26-11-13-5-8-17-19(9-13)31-12-30-17)22-15(24)10-18(32-22)14-6-7-16(27)21(29-3)20(14)28-2/h4-10,15,22,27H,1,11-12,24H2,2-3H3,(H,25,26). The number of amidine groups is 1. The highest BCUT2D eigenvalue weighted by molar-refractivity contribution is 8.09. The van der Waals surface area contributed by atoms with Gasteiger partial charge in [0.1, 0.15) is 17.5 Å². The number of methoxy groups -OCH3 is 2. The number of ether oxygens (including phenoxy) is 3. The van der Waals surface area contributed by atoms with E-state index < -0.39 is 0 Å². The first-order chi connectivity index (χ1) is 15.5. The molecule has 4 rings (SSSR count). The molecule has 32 heavy (non-hydrogen) atoms. The van der Waals surface area contributed by atoms with Crippen molar-refractivity contribution < 1.29 is 19.3 Å². The van der Waals surface area contributed by atoms with Crippen molar-refractivity contribution in [2.45, 2.75) is 22.7 Å². The number of aliphatic imine (C=N–C) groups is 1. The van der Waals surface area contributed by atoms with Crippen LogP contribution in [0.15, 0.2) is 59.1 Å². The second-order valence-corrected chi connectivity index (χ2v) is 9.23. The normalized spacial score (nSPS) is 19.7. The number of nitrogens with zero attached hydrogens (tertiary/aromatic N) is 1. The molecule has 2 aromatic carbocycles. The first-order valence-corrected chi connectivity index (χ1v) is 11.8. The number of hydrogen-bond acceptors (Lipinski definition) is 8. The molecule has 0 spiro atoms. The molecule has 0 aromatic heterocycles. The summed E-state index contributed by atoms with van der Waals surface area (Å²) in [7, 11) is 3.04. The first-order valence-electron chi connectivity index (χ1n) is 9.95. The molecular formula is C23H25N3O4S2. The van der Waals surface area contributed by atoms with E-state index in [1.165, 1.54) is 13.3 Å². The quantitative estimate of drug-likeness (QED) is 0.412. The van der Waals surface area contributed by atoms with E-state index in [4.69, 9.17) is 19.9 Å². The van der Waals surface area contributed by atoms with Gasteiger partial charge in [0.15, 0.2) is 11.5 Å². The molecule has 0 saturated heterocycles. The molecule has 0 radical (unpaired) electrons. The third kappa shape index (κ3) is 4.41. The Morgan fingerprint density at radius 1 is 1.31 bits per heavy atom. The van der Waals surface area contributed by atoms with E-state index in [1.54, 1.807) is 42.8 Å². The van der Waals surface area contributed by atoms with E-state index in [-0.39, 0.29) is 17.0 Å². The molecule has 2 aliphatic rings. The predicted octanol–water partition coefficient (Wildman–Crippen LogP) is 3.97. The molecule has 0 amide bonds. The Labute approximate surface area is 195 Å². The van der Waals surface area contributed by atoms with E-state index in [0.717, 1.165) is 32.5 Å². The van der Waals surface area contributed by atoms with E-state index >= 15 is 0 Å². The van der Waals surface area contributed by atoms with Gasteiger partial charge in [-0.05, 0) is 29.8 Å². The SMILES string of the molecule is C=C/N=C(/NCc1ccc2c(c1)SCO2)C1SC(c2ccc(O)c(OC)c2OC)=CC1N. The summed E-state index contributed by atoms with van der Waals surface area (Å²) >= 11 is 3.27. The molecule has 4 N–H and O–H groups in total. The van der Waals surface area contributed by atoms with Crippen LogP contribution in [-0.4, -0.2) is 42.4 Å². The summed E-state index contributed by atoms with van der Waals surface area (Å²) in [5.41, 5.74) is 8.42. The van der Waals surface area contributed by atoms with Crippen LogP contribution in [0.3, 0.4) is 0 Å². The van der Waals surface area contributed by atoms with E-state index in [2.05, 4.69) is 23.0 Å². The molecule has 2 heterocycles. The lowest BCUT2D eigenvalue weighted by Crippen LogP contribution is -2.41. The van der Waals surface area contributed by atoms with Gasteiger partial charge in [-0.2, -0.15) is 0 Å². The highest BCUT2D eigenvalue weighted by Gasteiger charge is 2.32. The Bertz CT molecular complexity index is 1090. The Balaban J connectivity index is 1.52. The fraction of sp³-hybridized carbons (Fsp3) is 0.261. The number of rotatable bonds is 7. The monoisotopic (exact) mass is 471 g/mol. The van der Waals surface area contributed by atoms with Crippen molar-refractivity contribution in [2.75, 3.05) is 20.2 Å². The van der Waals surface area contributed by atoms with Gasteiger partial charge in [-0.3, -0.25) is 0 Å². The van der Waals surface area contributed by atoms with Crippen LogP contribution in [0.5, 0.6) is 23.0 Å². The van der Waals surface area contributed by atoms with Gasteiger partial charge in [-0.25, -0.2) is 4.99 Å². The topological polar surface area (TPSA) is 98.3 Å². The average molecular weight is 472 g/mol. The van der Waals surface area contributed by atoms with Gasteiger partial charge in [-0.15, -0.1) is 11.8 Å². The minimum absolute atomic E-state index is 0.0195. The Morgan fingerprint density at radius 3 is 2.88 bits per heavy atom. The fourth-order valence-corrected chi connectivity index (χ4v) is 5.72. The van der Waals surface area contributed by atoms with Crippen LogP contribution in [-0.2, 0) is 6.54 Å². The van der Waals surface area contributed by atoms with Crippen molar-refractivity contribution >= 4 is 34.3 Å². The zero-order valence-corrected chi connectivity index (χ0v) is 19.5. The zero-order chi connectivity index (χ0) is 22.7. The maximum Gasteiger partial charge on any atom is 0.203 e. The molecular weight excluding hydrogens is 446 g/mol. The molecule has 2 unspecified atom stereocenters. The fourth-order valence-electron chi connectivity index (χ4n) is 3.62. The van der Waals surface area contributed by atoms with Crippen molar-refractivity contribution in [1.82, 2.24) is 5.32 Å². The summed E-state index contributed by atoms with van der Waals surface area (Å²) in [6, 6.07) is 9.29. The third-order valence-electron chi connectivity index (χ3n) is 5.12. The summed E-state index contributed by atoms with van der Waals surface area (Å²) < 4.78 is 16.4. The Hall–Kier alpha value is -2.75. The summed E-state index contributed by atoms with van der Waals surface area (Å²) in [6.45, 7) is 4.36. The molecule has 2 atom stereocenters. The first kappa shape index (κ1) is 22.4. The van der Waals surface area contributed by atoms with Crippen LogP contribution in [0.1, 0.15) is 11.1 Å². The molecule has 0 aliphatic carbocycles. The molecule has 0 saturated carbocycles. The third-order valence-corrected chi connectivity index (χ3v) is 7.39. The highest BCUT2D eigenvalue weighted by atomic mass is 32.2. The average Bonchev–Trinajstić information content (AvgIpc) is 3.42. The van der Waals surface area contributed by atoms with E-state index in [1.807, 2.05) is 18.2 Å². The molecule has 2 aromatic rings. The number of phenols is 1. The van der Waals surface area contributed by atoms with Gasteiger partial charge in [0.2, 0.25) is 5.75 Å². The summed E-state index contributed by atoms with van der Waals surface area (Å²) in [6.07, 6.45) is 3.50. The second kappa shape index (κ2) is 9.81. The smallest absolute Gasteiger partial charge is 0.203 e. The lowest BCUT2D eigenvalue weighted by atomic mass is 10.1. The largest absolute Gasteiger partial charge is 0.504 e. The van der Waals surface area contributed by atoms with Gasteiger partial charge in [-0.1, -0.05) is 30.5 Å². The van der Waals surface area contributed by atoms with Crippen LogP contribution < -0.4 is 25.3 Å². The number of phenolic OH excluding ortho intramolecular Hbond substituents is 1. The molecule has 0 bridgehead atoms. The van der Waals surface area contributed by atoms with E-state index in [0.29, 0.717) is 24.0 Å². The van der Waals surface area contributed by atoms with Crippen molar-refractivity contribution in [1.29, 1.82) is 0 Å². The lowest BCUT2D eigenvalue weighted by Gasteiger charge is -2.20. The van der Waals surface area contributed by atoms with Gasteiger partial charge < -0.3 is 30.4 Å². The molecule has 0 fully saturated rings. The van der Waals surface area contributed by atoms with Gasteiger partial charge in [0.05, 0.1) is 24.4 Å². The maximum atomic E-state index is 10.1. The lowest BCUT2D eigenvalue weighted by molar-refractivity contribution is 0.332. The summed E-state index contributed by atoms with van der Waals surface area (Å²) in [5.74, 6) is 3.11. The number of hydrogen-bond donors (Lipinski definition) is 3. The number of nitrogens with two attached hydrogens (primary N) is 1. The minimum Gasteiger partial charge on any atom is -0.504 e. The van der Waals surface area contributed by atoms with Crippen LogP contribution in [0.2, 0.25) is 0 Å². The number of aromatic hydroxyl groups is 1. The Morgan fingerprint density at radius 2 is 2.12 bits per heavy atom. The number of benzene rings is 2. The van der Waals surface area contributed by atoms with E-state index in [9.17, 15) is 5.11 Å². The number of fused-ring (bicyclic) bond motifs is 1. The van der Waals surface area contributed by atoms with Crippen molar-refractivity contribution in [3.05, 3.63) is 60.3 Å². The molecule has 7 nitrogen and oxygen atoms in total. The second-order valence-electron chi connectivity index (χ2n) is 7.08. The Kier molecular flexibility index (Phi) is 6.88. The van der Waals surface area contributed by atoms with Crippen LogP contribution >= 0.6 is 23.5 Å². The maximum absolute atomic E-state index is 10.1.